The zero-order chi connectivity index (χ0) is 14.6. The molecule has 3 nitrogen and oxygen atoms in total. The Morgan fingerprint density at radius 2 is 2.00 bits per heavy atom. The first kappa shape index (κ1) is 15.6. The van der Waals surface area contributed by atoms with Crippen molar-refractivity contribution in [2.75, 3.05) is 20.8 Å². The fourth-order valence-corrected chi connectivity index (χ4v) is 3.42. The second-order valence-corrected chi connectivity index (χ2v) is 6.52. The number of ether oxygens (including phenoxy) is 2. The SMILES string of the molecule is CCCC1(CNCc2cc(Br)c(OC)c(OC)c2)CC1. The molecule has 0 spiro atoms. The highest BCUT2D eigenvalue weighted by molar-refractivity contribution is 9.10. The fourth-order valence-electron chi connectivity index (χ4n) is 2.77. The summed E-state index contributed by atoms with van der Waals surface area (Å²) in [6.45, 7) is 4.25. The third kappa shape index (κ3) is 3.67. The second kappa shape index (κ2) is 6.81. The standard InChI is InChI=1S/C16H24BrNO2/c1-4-5-16(6-7-16)11-18-10-12-8-13(17)15(20-3)14(9-12)19-2/h8-9,18H,4-7,10-11H2,1-3H3. The number of halogens is 1. The predicted octanol–water partition coefficient (Wildman–Crippen LogP) is 4.14. The molecule has 1 fully saturated rings. The van der Waals surface area contributed by atoms with Crippen molar-refractivity contribution < 1.29 is 9.47 Å². The lowest BCUT2D eigenvalue weighted by atomic mass is 10.0. The first-order valence-electron chi connectivity index (χ1n) is 7.25. The predicted molar refractivity (Wildman–Crippen MR) is 85.5 cm³/mol. The van der Waals surface area contributed by atoms with Crippen LogP contribution >= 0.6 is 15.9 Å². The minimum absolute atomic E-state index is 0.586. The van der Waals surface area contributed by atoms with Crippen LogP contribution in [0.5, 0.6) is 11.5 Å². The summed E-state index contributed by atoms with van der Waals surface area (Å²) in [5.41, 5.74) is 1.80. The Bertz CT molecular complexity index is 458. The molecule has 1 aromatic carbocycles. The van der Waals surface area contributed by atoms with Gasteiger partial charge in [0.25, 0.3) is 0 Å². The molecule has 0 aliphatic heterocycles. The summed E-state index contributed by atoms with van der Waals surface area (Å²) in [6, 6.07) is 4.13. The molecule has 1 aromatic rings. The molecule has 0 aromatic heterocycles. The maximum Gasteiger partial charge on any atom is 0.174 e. The highest BCUT2D eigenvalue weighted by Gasteiger charge is 2.40. The van der Waals surface area contributed by atoms with E-state index in [0.717, 1.165) is 29.1 Å². The van der Waals surface area contributed by atoms with E-state index >= 15 is 0 Å². The Morgan fingerprint density at radius 3 is 2.55 bits per heavy atom. The van der Waals surface area contributed by atoms with Gasteiger partial charge >= 0.3 is 0 Å². The summed E-state index contributed by atoms with van der Waals surface area (Å²) in [4.78, 5) is 0. The molecule has 0 bridgehead atoms. The van der Waals surface area contributed by atoms with Gasteiger partial charge in [-0.2, -0.15) is 0 Å². The number of benzene rings is 1. The number of hydrogen-bond donors (Lipinski definition) is 1. The van der Waals surface area contributed by atoms with E-state index in [1.165, 1.54) is 31.2 Å². The van der Waals surface area contributed by atoms with E-state index in [9.17, 15) is 0 Å². The molecule has 1 saturated carbocycles. The molecule has 1 aliphatic carbocycles. The average Bonchev–Trinajstić information content (AvgIpc) is 3.18. The van der Waals surface area contributed by atoms with Gasteiger partial charge in [-0.1, -0.05) is 13.3 Å². The van der Waals surface area contributed by atoms with E-state index in [-0.39, 0.29) is 0 Å². The lowest BCUT2D eigenvalue weighted by Gasteiger charge is -2.16. The molecule has 0 radical (unpaired) electrons. The Kier molecular flexibility index (Phi) is 5.33. The molecular formula is C16H24BrNO2. The van der Waals surface area contributed by atoms with Crippen molar-refractivity contribution in [1.29, 1.82) is 0 Å². The van der Waals surface area contributed by atoms with Crippen molar-refractivity contribution in [1.82, 2.24) is 5.32 Å². The zero-order valence-corrected chi connectivity index (χ0v) is 14.2. The van der Waals surface area contributed by atoms with Gasteiger partial charge in [-0.25, -0.2) is 0 Å². The van der Waals surface area contributed by atoms with Crippen LogP contribution in [-0.2, 0) is 6.54 Å². The average molecular weight is 342 g/mol. The zero-order valence-electron chi connectivity index (χ0n) is 12.6. The van der Waals surface area contributed by atoms with E-state index in [2.05, 4.69) is 34.2 Å². The van der Waals surface area contributed by atoms with Crippen LogP contribution in [0.2, 0.25) is 0 Å². The molecule has 1 aliphatic rings. The molecule has 0 amide bonds. The van der Waals surface area contributed by atoms with E-state index < -0.39 is 0 Å². The highest BCUT2D eigenvalue weighted by atomic mass is 79.9. The Morgan fingerprint density at radius 1 is 1.25 bits per heavy atom. The maximum absolute atomic E-state index is 5.37. The first-order valence-corrected chi connectivity index (χ1v) is 8.04. The monoisotopic (exact) mass is 341 g/mol. The summed E-state index contributed by atoms with van der Waals surface area (Å²) >= 11 is 3.53. The number of hydrogen-bond acceptors (Lipinski definition) is 3. The van der Waals surface area contributed by atoms with Gasteiger partial charge in [0, 0.05) is 13.1 Å². The van der Waals surface area contributed by atoms with E-state index in [4.69, 9.17) is 9.47 Å². The fraction of sp³-hybridized carbons (Fsp3) is 0.625. The molecule has 20 heavy (non-hydrogen) atoms. The normalized spacial score (nSPS) is 16.0. The number of methoxy groups -OCH3 is 2. The van der Waals surface area contributed by atoms with E-state index in [0.29, 0.717) is 5.41 Å². The Labute approximate surface area is 130 Å². The Balaban J connectivity index is 1.94. The second-order valence-electron chi connectivity index (χ2n) is 5.67. The van der Waals surface area contributed by atoms with Gasteiger partial charge in [0.1, 0.15) is 0 Å². The van der Waals surface area contributed by atoms with Gasteiger partial charge in [-0.3, -0.25) is 0 Å². The molecule has 2 rings (SSSR count). The van der Waals surface area contributed by atoms with Gasteiger partial charge < -0.3 is 14.8 Å². The summed E-state index contributed by atoms with van der Waals surface area (Å²) in [5.74, 6) is 1.52. The van der Waals surface area contributed by atoms with Gasteiger partial charge in [0.15, 0.2) is 11.5 Å². The highest BCUT2D eigenvalue weighted by Crippen LogP contribution is 2.49. The van der Waals surface area contributed by atoms with Crippen molar-refractivity contribution in [3.05, 3.63) is 22.2 Å². The third-order valence-corrected chi connectivity index (χ3v) is 4.65. The van der Waals surface area contributed by atoms with Gasteiger partial charge in [-0.05, 0) is 58.3 Å². The molecule has 0 atom stereocenters. The van der Waals surface area contributed by atoms with Crippen molar-refractivity contribution in [2.24, 2.45) is 5.41 Å². The van der Waals surface area contributed by atoms with Crippen LogP contribution in [0.15, 0.2) is 16.6 Å². The molecule has 1 N–H and O–H groups in total. The largest absolute Gasteiger partial charge is 0.493 e. The van der Waals surface area contributed by atoms with Crippen LogP contribution in [0.4, 0.5) is 0 Å². The lowest BCUT2D eigenvalue weighted by Crippen LogP contribution is -2.23. The summed E-state index contributed by atoms with van der Waals surface area (Å²) in [6.07, 6.45) is 5.38. The van der Waals surface area contributed by atoms with Crippen LogP contribution in [0.3, 0.4) is 0 Å². The van der Waals surface area contributed by atoms with Crippen molar-refractivity contribution in [3.8, 4) is 11.5 Å². The van der Waals surface area contributed by atoms with Gasteiger partial charge in [0.2, 0.25) is 0 Å². The van der Waals surface area contributed by atoms with Crippen molar-refractivity contribution in [2.45, 2.75) is 39.2 Å². The molecule has 4 heteroatoms. The van der Waals surface area contributed by atoms with Crippen LogP contribution in [-0.4, -0.2) is 20.8 Å². The molecule has 0 unspecified atom stereocenters. The van der Waals surface area contributed by atoms with Gasteiger partial charge in [-0.15, -0.1) is 0 Å². The van der Waals surface area contributed by atoms with Crippen LogP contribution in [0.1, 0.15) is 38.2 Å². The van der Waals surface area contributed by atoms with Crippen LogP contribution < -0.4 is 14.8 Å². The summed E-state index contributed by atoms with van der Waals surface area (Å²) in [5, 5.41) is 3.59. The molecule has 0 saturated heterocycles. The number of rotatable bonds is 8. The van der Waals surface area contributed by atoms with Crippen LogP contribution in [0, 0.1) is 5.41 Å². The molecule has 112 valence electrons. The smallest absolute Gasteiger partial charge is 0.174 e. The van der Waals surface area contributed by atoms with Crippen molar-refractivity contribution >= 4 is 15.9 Å². The Hall–Kier alpha value is -0.740. The summed E-state index contributed by atoms with van der Waals surface area (Å²) in [7, 11) is 3.32. The third-order valence-electron chi connectivity index (χ3n) is 4.06. The van der Waals surface area contributed by atoms with Gasteiger partial charge in [0.05, 0.1) is 18.7 Å². The minimum atomic E-state index is 0.586. The van der Waals surface area contributed by atoms with E-state index in [1.807, 2.05) is 6.07 Å². The lowest BCUT2D eigenvalue weighted by molar-refractivity contribution is 0.352. The topological polar surface area (TPSA) is 30.5 Å². The molecular weight excluding hydrogens is 318 g/mol. The van der Waals surface area contributed by atoms with E-state index in [1.54, 1.807) is 14.2 Å². The maximum atomic E-state index is 5.37. The number of nitrogens with one attached hydrogen (secondary N) is 1. The first-order chi connectivity index (χ1) is 9.64. The van der Waals surface area contributed by atoms with Crippen molar-refractivity contribution in [3.63, 3.8) is 0 Å². The summed E-state index contributed by atoms with van der Waals surface area (Å²) < 4.78 is 11.6. The minimum Gasteiger partial charge on any atom is -0.493 e. The van der Waals surface area contributed by atoms with Crippen LogP contribution in [0.25, 0.3) is 0 Å². The quantitative estimate of drug-likeness (QED) is 0.770. The molecule has 0 heterocycles.